The molecule has 0 aromatic carbocycles. The minimum atomic E-state index is -1.32. The minimum absolute atomic E-state index is 1.02. The van der Waals surface area contributed by atoms with Gasteiger partial charge < -0.3 is 9.96 Å². The van der Waals surface area contributed by atoms with E-state index in [0.29, 0.717) is 0 Å². The van der Waals surface area contributed by atoms with Crippen LogP contribution in [0.2, 0.25) is 26.2 Å². The number of hydrogen-bond donors (Lipinski definition) is 2. The molecule has 2 nitrogen and oxygen atoms in total. The first-order chi connectivity index (χ1) is 6.33. The van der Waals surface area contributed by atoms with Crippen molar-refractivity contribution >= 4 is 16.5 Å². The molecule has 0 bridgehead atoms. The maximum atomic E-state index is 3.85. The van der Waals surface area contributed by atoms with E-state index < -0.39 is 16.5 Å². The van der Waals surface area contributed by atoms with Crippen LogP contribution in [0.4, 0.5) is 0 Å². The first kappa shape index (κ1) is 13.8. The van der Waals surface area contributed by atoms with Crippen LogP contribution in [0.1, 0.15) is 0 Å². The zero-order valence-electron chi connectivity index (χ0n) is 9.98. The van der Waals surface area contributed by atoms with Crippen LogP contribution in [0, 0.1) is 0 Å². The van der Waals surface area contributed by atoms with Gasteiger partial charge in [0, 0.05) is 13.1 Å². The molecule has 0 heterocycles. The van der Waals surface area contributed by atoms with E-state index in [2.05, 4.69) is 60.7 Å². The second-order valence-corrected chi connectivity index (χ2v) is 13.1. The van der Waals surface area contributed by atoms with Gasteiger partial charge in [0.05, 0.1) is 0 Å². The fraction of sp³-hybridized carbons (Fsp3) is 0.600. The Kier molecular flexibility index (Phi) is 5.58. The van der Waals surface area contributed by atoms with Gasteiger partial charge in [-0.3, -0.25) is 0 Å². The van der Waals surface area contributed by atoms with E-state index in [1.807, 2.05) is 0 Å². The van der Waals surface area contributed by atoms with Crippen LogP contribution in [-0.4, -0.2) is 29.6 Å². The molecule has 0 saturated carbocycles. The average molecular weight is 228 g/mol. The van der Waals surface area contributed by atoms with E-state index in [9.17, 15) is 0 Å². The molecule has 0 radical (unpaired) electrons. The molecule has 0 aliphatic carbocycles. The average Bonchev–Trinajstić information content (AvgIpc) is 2.13. The van der Waals surface area contributed by atoms with Crippen molar-refractivity contribution < 1.29 is 0 Å². The molecule has 0 aromatic rings. The van der Waals surface area contributed by atoms with Crippen molar-refractivity contribution in [3.05, 3.63) is 24.6 Å². The molecule has 0 aromatic heterocycles. The third-order valence-corrected chi connectivity index (χ3v) is 6.67. The van der Waals surface area contributed by atoms with Crippen LogP contribution in [0.5, 0.6) is 0 Å². The number of nitrogens with one attached hydrogen (secondary N) is 2. The van der Waals surface area contributed by atoms with Gasteiger partial charge >= 0.3 is 0 Å². The molecular formula is C10H24N2Si2. The molecule has 0 saturated heterocycles. The normalized spacial score (nSPS) is 12.6. The summed E-state index contributed by atoms with van der Waals surface area (Å²) in [6.45, 7) is 18.8. The molecule has 82 valence electrons. The lowest BCUT2D eigenvalue weighted by atomic mass is 10.7. The van der Waals surface area contributed by atoms with Crippen molar-refractivity contribution in [2.45, 2.75) is 26.2 Å². The maximum absolute atomic E-state index is 3.85. The van der Waals surface area contributed by atoms with Crippen LogP contribution in [-0.2, 0) is 0 Å². The Morgan fingerprint density at radius 1 is 0.857 bits per heavy atom. The Balaban J connectivity index is 3.67. The molecule has 0 rings (SSSR count). The van der Waals surface area contributed by atoms with Gasteiger partial charge in [0.1, 0.15) is 16.5 Å². The second kappa shape index (κ2) is 5.65. The minimum Gasteiger partial charge on any atom is -0.333 e. The molecule has 2 N–H and O–H groups in total. The predicted molar refractivity (Wildman–Crippen MR) is 71.4 cm³/mol. The molecule has 4 heteroatoms. The van der Waals surface area contributed by atoms with Gasteiger partial charge in [-0.1, -0.05) is 37.6 Å². The van der Waals surface area contributed by atoms with Gasteiger partial charge in [0.2, 0.25) is 0 Å². The van der Waals surface area contributed by atoms with Gasteiger partial charge in [-0.25, -0.2) is 0 Å². The van der Waals surface area contributed by atoms with E-state index in [-0.39, 0.29) is 0 Å². The number of rotatable bonds is 7. The lowest BCUT2D eigenvalue weighted by molar-refractivity contribution is 0.818. The Hall–Kier alpha value is -0.166. The molecule has 0 unspecified atom stereocenters. The summed E-state index contributed by atoms with van der Waals surface area (Å²) in [4.78, 5) is 7.10. The van der Waals surface area contributed by atoms with E-state index in [4.69, 9.17) is 0 Å². The third kappa shape index (κ3) is 6.31. The van der Waals surface area contributed by atoms with Crippen LogP contribution < -0.4 is 9.96 Å². The second-order valence-electron chi connectivity index (χ2n) is 4.71. The van der Waals surface area contributed by atoms with Gasteiger partial charge in [-0.2, -0.15) is 0 Å². The predicted octanol–water partition coefficient (Wildman–Crippen LogP) is 2.03. The molecule has 0 aliphatic heterocycles. The zero-order valence-corrected chi connectivity index (χ0v) is 12.0. The standard InChI is InChI=1S/C10H24N2Si2/c1-7-13(3,4)11-9-10-12-14(5,6)8-2/h7-8,11-12H,1-2,9-10H2,3-6H3. The van der Waals surface area contributed by atoms with Gasteiger partial charge in [0.25, 0.3) is 0 Å². The summed E-state index contributed by atoms with van der Waals surface area (Å²) >= 11 is 0. The smallest absolute Gasteiger partial charge is 0.143 e. The van der Waals surface area contributed by atoms with Gasteiger partial charge in [0.15, 0.2) is 0 Å². The summed E-state index contributed by atoms with van der Waals surface area (Å²) in [7, 11) is -2.64. The first-order valence-electron chi connectivity index (χ1n) is 5.10. The lowest BCUT2D eigenvalue weighted by Gasteiger charge is -2.23. The topological polar surface area (TPSA) is 24.1 Å². The van der Waals surface area contributed by atoms with Crippen LogP contribution in [0.3, 0.4) is 0 Å². The highest BCUT2D eigenvalue weighted by molar-refractivity contribution is 6.80. The van der Waals surface area contributed by atoms with Crippen LogP contribution in [0.15, 0.2) is 24.6 Å². The zero-order chi connectivity index (χ0) is 11.2. The van der Waals surface area contributed by atoms with Crippen LogP contribution in [0.25, 0.3) is 0 Å². The molecular weight excluding hydrogens is 204 g/mol. The highest BCUT2D eigenvalue weighted by Gasteiger charge is 2.17. The lowest BCUT2D eigenvalue weighted by Crippen LogP contribution is -2.50. The summed E-state index contributed by atoms with van der Waals surface area (Å²) in [6.07, 6.45) is 0. The monoisotopic (exact) mass is 228 g/mol. The Labute approximate surface area is 90.7 Å². The number of hydrogen-bond acceptors (Lipinski definition) is 2. The molecule has 0 spiro atoms. The third-order valence-electron chi connectivity index (χ3n) is 2.31. The molecule has 0 amide bonds. The van der Waals surface area contributed by atoms with Crippen molar-refractivity contribution in [3.63, 3.8) is 0 Å². The summed E-state index contributed by atoms with van der Waals surface area (Å²) in [5.41, 5.74) is 4.14. The van der Waals surface area contributed by atoms with Gasteiger partial charge in [-0.05, 0) is 0 Å². The van der Waals surface area contributed by atoms with E-state index in [1.54, 1.807) is 0 Å². The fourth-order valence-electron chi connectivity index (χ4n) is 0.914. The summed E-state index contributed by atoms with van der Waals surface area (Å²) in [5, 5.41) is 0. The summed E-state index contributed by atoms with van der Waals surface area (Å²) in [5.74, 6) is 0. The Morgan fingerprint density at radius 2 is 1.14 bits per heavy atom. The first-order valence-corrected chi connectivity index (χ1v) is 11.3. The van der Waals surface area contributed by atoms with Gasteiger partial charge in [-0.15, -0.1) is 13.2 Å². The van der Waals surface area contributed by atoms with Crippen molar-refractivity contribution in [2.75, 3.05) is 13.1 Å². The van der Waals surface area contributed by atoms with Crippen molar-refractivity contribution in [3.8, 4) is 0 Å². The van der Waals surface area contributed by atoms with Crippen molar-refractivity contribution in [1.29, 1.82) is 0 Å². The van der Waals surface area contributed by atoms with Crippen molar-refractivity contribution in [2.24, 2.45) is 0 Å². The molecule has 0 atom stereocenters. The highest BCUT2D eigenvalue weighted by atomic mass is 28.3. The maximum Gasteiger partial charge on any atom is 0.143 e. The van der Waals surface area contributed by atoms with E-state index in [0.717, 1.165) is 13.1 Å². The van der Waals surface area contributed by atoms with Crippen molar-refractivity contribution in [1.82, 2.24) is 9.96 Å². The van der Waals surface area contributed by atoms with Crippen LogP contribution >= 0.6 is 0 Å². The molecule has 0 fully saturated rings. The largest absolute Gasteiger partial charge is 0.333 e. The Morgan fingerprint density at radius 3 is 1.36 bits per heavy atom. The Bertz CT molecular complexity index is 178. The quantitative estimate of drug-likeness (QED) is 0.515. The summed E-state index contributed by atoms with van der Waals surface area (Å²) < 4.78 is 0. The highest BCUT2D eigenvalue weighted by Crippen LogP contribution is 1.97. The SMILES string of the molecule is C=C[Si](C)(C)NCCN[Si](C)(C)C=C. The molecule has 0 aliphatic rings. The van der Waals surface area contributed by atoms with E-state index in [1.165, 1.54) is 0 Å². The fourth-order valence-corrected chi connectivity index (χ4v) is 2.74. The summed E-state index contributed by atoms with van der Waals surface area (Å²) in [6, 6.07) is 0. The molecule has 14 heavy (non-hydrogen) atoms. The van der Waals surface area contributed by atoms with E-state index >= 15 is 0 Å².